The summed E-state index contributed by atoms with van der Waals surface area (Å²) in [4.78, 5) is 10.8. The van der Waals surface area contributed by atoms with Gasteiger partial charge in [0.2, 0.25) is 0 Å². The molecule has 0 saturated heterocycles. The summed E-state index contributed by atoms with van der Waals surface area (Å²) in [6.07, 6.45) is 2.27. The van der Waals surface area contributed by atoms with Crippen LogP contribution >= 0.6 is 0 Å². The number of rotatable bonds is 2. The number of nitrogens with two attached hydrogens (primary N) is 2. The number of carbonyl (C=O) groups is 1. The van der Waals surface area contributed by atoms with Gasteiger partial charge in [-0.05, 0) is 18.8 Å². The maximum atomic E-state index is 10.8. The first-order valence-electron chi connectivity index (χ1n) is 4.81. The van der Waals surface area contributed by atoms with Gasteiger partial charge < -0.3 is 16.6 Å². The summed E-state index contributed by atoms with van der Waals surface area (Å²) in [5.74, 6) is -1.02. The van der Waals surface area contributed by atoms with Crippen LogP contribution in [0.5, 0.6) is 0 Å². The van der Waals surface area contributed by atoms with Crippen LogP contribution in [0, 0.1) is 11.8 Å². The maximum Gasteiger partial charge on any atom is 0.308 e. The molecule has 0 spiro atoms. The van der Waals surface area contributed by atoms with Crippen molar-refractivity contribution >= 4 is 5.97 Å². The number of hydrogen-bond acceptors (Lipinski definition) is 3. The molecule has 4 atom stereocenters. The predicted molar refractivity (Wildman–Crippen MR) is 50.1 cm³/mol. The summed E-state index contributed by atoms with van der Waals surface area (Å²) in [6, 6.07) is -0.193. The molecule has 0 aromatic rings. The number of carboxylic acid groups (broad SMARTS) is 1. The van der Waals surface area contributed by atoms with Gasteiger partial charge in [-0.2, -0.15) is 0 Å². The molecular formula is C9H18N2O2. The molecule has 0 bridgehead atoms. The van der Waals surface area contributed by atoms with Gasteiger partial charge in [-0.1, -0.05) is 13.3 Å². The highest BCUT2D eigenvalue weighted by atomic mass is 16.4. The Morgan fingerprint density at radius 1 is 1.46 bits per heavy atom. The van der Waals surface area contributed by atoms with Gasteiger partial charge >= 0.3 is 5.97 Å². The second-order valence-corrected chi connectivity index (χ2v) is 3.84. The van der Waals surface area contributed by atoms with Gasteiger partial charge in [0.1, 0.15) is 0 Å². The van der Waals surface area contributed by atoms with Gasteiger partial charge in [0.25, 0.3) is 0 Å². The van der Waals surface area contributed by atoms with E-state index in [-0.39, 0.29) is 18.0 Å². The zero-order valence-electron chi connectivity index (χ0n) is 7.94. The monoisotopic (exact) mass is 186 g/mol. The van der Waals surface area contributed by atoms with Crippen molar-refractivity contribution in [2.45, 2.75) is 38.3 Å². The van der Waals surface area contributed by atoms with E-state index in [4.69, 9.17) is 16.6 Å². The minimum absolute atomic E-state index is 0.0793. The standard InChI is InChI=1S/C9H18N2O2/c1-2-5-7(10)4-3-6(8(5)11)9(12)13/h5-8H,2-4,10-11H2,1H3,(H,12,13). The van der Waals surface area contributed by atoms with Crippen LogP contribution in [0.25, 0.3) is 0 Å². The lowest BCUT2D eigenvalue weighted by atomic mass is 9.73. The molecule has 1 fully saturated rings. The molecular weight excluding hydrogens is 168 g/mol. The summed E-state index contributed by atoms with van der Waals surface area (Å²) in [6.45, 7) is 2.01. The van der Waals surface area contributed by atoms with E-state index in [0.29, 0.717) is 6.42 Å². The Kier molecular flexibility index (Phi) is 3.27. The Morgan fingerprint density at radius 2 is 2.08 bits per heavy atom. The highest BCUT2D eigenvalue weighted by Crippen LogP contribution is 2.29. The second-order valence-electron chi connectivity index (χ2n) is 3.84. The third kappa shape index (κ3) is 2.00. The van der Waals surface area contributed by atoms with Crippen LogP contribution in [-0.2, 0) is 4.79 Å². The van der Waals surface area contributed by atoms with E-state index in [1.807, 2.05) is 6.92 Å². The largest absolute Gasteiger partial charge is 0.481 e. The van der Waals surface area contributed by atoms with E-state index in [2.05, 4.69) is 0 Å². The molecule has 1 aliphatic carbocycles. The number of carboxylic acids is 1. The molecule has 1 aliphatic rings. The van der Waals surface area contributed by atoms with E-state index in [0.717, 1.165) is 12.8 Å². The first-order chi connectivity index (χ1) is 6.07. The zero-order valence-corrected chi connectivity index (χ0v) is 7.94. The quantitative estimate of drug-likeness (QED) is 0.573. The Bertz CT molecular complexity index is 196. The molecule has 1 saturated carbocycles. The van der Waals surface area contributed by atoms with Crippen molar-refractivity contribution in [2.75, 3.05) is 0 Å². The predicted octanol–water partition coefficient (Wildman–Crippen LogP) is 0.162. The van der Waals surface area contributed by atoms with Crippen LogP contribution in [0.1, 0.15) is 26.2 Å². The summed E-state index contributed by atoms with van der Waals surface area (Å²) >= 11 is 0. The average Bonchev–Trinajstić information content (AvgIpc) is 2.04. The Labute approximate surface area is 78.3 Å². The molecule has 0 heterocycles. The highest BCUT2D eigenvalue weighted by Gasteiger charge is 2.37. The third-order valence-corrected chi connectivity index (χ3v) is 3.11. The second kappa shape index (κ2) is 4.07. The van der Waals surface area contributed by atoms with Gasteiger partial charge in [-0.25, -0.2) is 0 Å². The number of aliphatic carboxylic acids is 1. The summed E-state index contributed by atoms with van der Waals surface area (Å²) < 4.78 is 0. The van der Waals surface area contributed by atoms with E-state index in [1.165, 1.54) is 0 Å². The molecule has 1 rings (SSSR count). The lowest BCUT2D eigenvalue weighted by molar-refractivity contribution is -0.144. The van der Waals surface area contributed by atoms with Gasteiger partial charge in [0.05, 0.1) is 5.92 Å². The Hall–Kier alpha value is -0.610. The van der Waals surface area contributed by atoms with Crippen molar-refractivity contribution < 1.29 is 9.90 Å². The van der Waals surface area contributed by atoms with Crippen molar-refractivity contribution in [1.82, 2.24) is 0 Å². The lowest BCUT2D eigenvalue weighted by Crippen LogP contribution is -2.52. The highest BCUT2D eigenvalue weighted by molar-refractivity contribution is 5.71. The molecule has 4 heteroatoms. The van der Waals surface area contributed by atoms with E-state index in [1.54, 1.807) is 0 Å². The first kappa shape index (κ1) is 10.5. The van der Waals surface area contributed by atoms with Crippen LogP contribution in [0.15, 0.2) is 0 Å². The van der Waals surface area contributed by atoms with Crippen LogP contribution in [-0.4, -0.2) is 23.2 Å². The van der Waals surface area contributed by atoms with Crippen LogP contribution in [0.2, 0.25) is 0 Å². The minimum Gasteiger partial charge on any atom is -0.481 e. The molecule has 0 amide bonds. The Morgan fingerprint density at radius 3 is 2.54 bits per heavy atom. The van der Waals surface area contributed by atoms with Crippen molar-refractivity contribution in [3.8, 4) is 0 Å². The fourth-order valence-corrected chi connectivity index (χ4v) is 2.23. The van der Waals surface area contributed by atoms with Gasteiger partial charge in [0.15, 0.2) is 0 Å². The normalized spacial score (nSPS) is 40.2. The average molecular weight is 186 g/mol. The van der Waals surface area contributed by atoms with E-state index >= 15 is 0 Å². The molecule has 0 radical (unpaired) electrons. The summed E-state index contributed by atoms with van der Waals surface area (Å²) in [7, 11) is 0. The van der Waals surface area contributed by atoms with Crippen molar-refractivity contribution in [3.05, 3.63) is 0 Å². The molecule has 0 aromatic heterocycles. The van der Waals surface area contributed by atoms with Gasteiger partial charge in [-0.3, -0.25) is 4.79 Å². The molecule has 4 nitrogen and oxygen atoms in total. The minimum atomic E-state index is -0.780. The molecule has 0 aliphatic heterocycles. The number of hydrogen-bond donors (Lipinski definition) is 3. The molecule has 13 heavy (non-hydrogen) atoms. The fourth-order valence-electron chi connectivity index (χ4n) is 2.23. The molecule has 5 N–H and O–H groups in total. The first-order valence-corrected chi connectivity index (χ1v) is 4.81. The topological polar surface area (TPSA) is 89.3 Å². The fraction of sp³-hybridized carbons (Fsp3) is 0.889. The maximum absolute atomic E-state index is 10.8. The molecule has 4 unspecified atom stereocenters. The van der Waals surface area contributed by atoms with Gasteiger partial charge in [-0.15, -0.1) is 0 Å². The summed E-state index contributed by atoms with van der Waals surface area (Å²) in [5.41, 5.74) is 11.7. The van der Waals surface area contributed by atoms with E-state index in [9.17, 15) is 4.79 Å². The SMILES string of the molecule is CCC1C(N)CCC(C(=O)O)C1N. The molecule has 0 aromatic carbocycles. The van der Waals surface area contributed by atoms with Crippen molar-refractivity contribution in [3.63, 3.8) is 0 Å². The van der Waals surface area contributed by atoms with Crippen molar-refractivity contribution in [1.29, 1.82) is 0 Å². The zero-order chi connectivity index (χ0) is 10.0. The molecule has 76 valence electrons. The van der Waals surface area contributed by atoms with Crippen LogP contribution in [0.4, 0.5) is 0 Å². The van der Waals surface area contributed by atoms with Crippen molar-refractivity contribution in [2.24, 2.45) is 23.3 Å². The van der Waals surface area contributed by atoms with Crippen LogP contribution < -0.4 is 11.5 Å². The third-order valence-electron chi connectivity index (χ3n) is 3.11. The summed E-state index contributed by atoms with van der Waals surface area (Å²) in [5, 5.41) is 8.89. The van der Waals surface area contributed by atoms with E-state index < -0.39 is 11.9 Å². The van der Waals surface area contributed by atoms with Crippen LogP contribution in [0.3, 0.4) is 0 Å². The van der Waals surface area contributed by atoms with Gasteiger partial charge in [0, 0.05) is 12.1 Å². The Balaban J connectivity index is 2.69. The lowest BCUT2D eigenvalue weighted by Gasteiger charge is -2.37. The smallest absolute Gasteiger partial charge is 0.308 e.